The molecule has 0 saturated carbocycles. The minimum atomic E-state index is -0.0159. The quantitative estimate of drug-likeness (QED) is 0.915. The van der Waals surface area contributed by atoms with Crippen LogP contribution in [-0.4, -0.2) is 15.0 Å². The smallest absolute Gasteiger partial charge is 0.0965 e. The van der Waals surface area contributed by atoms with Crippen molar-refractivity contribution in [3.05, 3.63) is 47.3 Å². The summed E-state index contributed by atoms with van der Waals surface area (Å²) in [5.74, 6) is 0.583. The Hall–Kier alpha value is -1.68. The number of aromatic nitrogens is 3. The van der Waals surface area contributed by atoms with E-state index in [9.17, 15) is 0 Å². The van der Waals surface area contributed by atoms with E-state index in [-0.39, 0.29) is 5.54 Å². The van der Waals surface area contributed by atoms with Gasteiger partial charge in [0.15, 0.2) is 0 Å². The molecule has 1 heterocycles. The Kier molecular flexibility index (Phi) is 4.78. The van der Waals surface area contributed by atoms with Crippen molar-refractivity contribution in [2.45, 2.75) is 59.2 Å². The van der Waals surface area contributed by atoms with Gasteiger partial charge in [0.2, 0.25) is 0 Å². The molecule has 114 valence electrons. The maximum absolute atomic E-state index is 4.20. The van der Waals surface area contributed by atoms with Crippen LogP contribution in [-0.2, 0) is 18.6 Å². The van der Waals surface area contributed by atoms with Gasteiger partial charge in [0.1, 0.15) is 0 Å². The van der Waals surface area contributed by atoms with Gasteiger partial charge in [-0.15, -0.1) is 5.10 Å². The molecular formula is C17H26N4. The number of hydrogen-bond donors (Lipinski definition) is 1. The maximum atomic E-state index is 4.20. The molecule has 0 saturated heterocycles. The third kappa shape index (κ3) is 4.39. The molecule has 0 atom stereocenters. The van der Waals surface area contributed by atoms with Gasteiger partial charge >= 0.3 is 0 Å². The summed E-state index contributed by atoms with van der Waals surface area (Å²) in [7, 11) is 0. The summed E-state index contributed by atoms with van der Waals surface area (Å²) >= 11 is 0. The first-order valence-electron chi connectivity index (χ1n) is 7.57. The van der Waals surface area contributed by atoms with Crippen LogP contribution in [0.4, 0.5) is 0 Å². The fourth-order valence-electron chi connectivity index (χ4n) is 2.06. The van der Waals surface area contributed by atoms with Gasteiger partial charge in [0, 0.05) is 13.1 Å². The number of rotatable bonds is 5. The first-order chi connectivity index (χ1) is 9.86. The largest absolute Gasteiger partial charge is 0.307 e. The summed E-state index contributed by atoms with van der Waals surface area (Å²) in [6, 6.07) is 8.79. The lowest BCUT2D eigenvalue weighted by atomic mass is 10.0. The van der Waals surface area contributed by atoms with Crippen LogP contribution >= 0.6 is 0 Å². The molecule has 0 spiro atoms. The number of benzene rings is 1. The Labute approximate surface area is 127 Å². The number of nitrogens with zero attached hydrogens (tertiary/aromatic N) is 3. The summed E-state index contributed by atoms with van der Waals surface area (Å²) in [4.78, 5) is 0. The molecule has 0 radical (unpaired) electrons. The molecule has 1 aromatic carbocycles. The molecule has 4 heteroatoms. The highest BCUT2D eigenvalue weighted by atomic mass is 15.4. The Bertz CT molecular complexity index is 561. The predicted octanol–water partition coefficient (Wildman–Crippen LogP) is 3.45. The van der Waals surface area contributed by atoms with Gasteiger partial charge in [-0.25, -0.2) is 4.68 Å². The molecule has 0 fully saturated rings. The fraction of sp³-hybridized carbons (Fsp3) is 0.529. The lowest BCUT2D eigenvalue weighted by molar-refractivity contribution is 0.347. The minimum absolute atomic E-state index is 0.0159. The Morgan fingerprint density at radius 3 is 2.29 bits per heavy atom. The predicted molar refractivity (Wildman–Crippen MR) is 86.1 cm³/mol. The molecule has 4 nitrogen and oxygen atoms in total. The highest BCUT2D eigenvalue weighted by molar-refractivity contribution is 5.24. The molecule has 0 aliphatic carbocycles. The Balaban J connectivity index is 1.85. The molecule has 0 aliphatic heterocycles. The van der Waals surface area contributed by atoms with Gasteiger partial charge in [-0.2, -0.15) is 0 Å². The lowest BCUT2D eigenvalue weighted by Crippen LogP contribution is -2.22. The summed E-state index contributed by atoms with van der Waals surface area (Å²) in [6.07, 6.45) is 2.01. The second-order valence-corrected chi connectivity index (χ2v) is 6.83. The highest BCUT2D eigenvalue weighted by Gasteiger charge is 2.14. The molecule has 2 aromatic rings. The van der Waals surface area contributed by atoms with E-state index in [1.807, 2.05) is 10.9 Å². The molecule has 21 heavy (non-hydrogen) atoms. The SMILES string of the molecule is CC(C)c1ccc(CNCc2cn(C(C)(C)C)nn2)cc1. The van der Waals surface area contributed by atoms with E-state index in [1.165, 1.54) is 11.1 Å². The van der Waals surface area contributed by atoms with Crippen LogP contribution in [0.5, 0.6) is 0 Å². The van der Waals surface area contributed by atoms with Crippen molar-refractivity contribution in [3.63, 3.8) is 0 Å². The third-order valence-electron chi connectivity index (χ3n) is 3.51. The topological polar surface area (TPSA) is 42.7 Å². The zero-order valence-electron chi connectivity index (χ0n) is 13.7. The van der Waals surface area contributed by atoms with Gasteiger partial charge in [-0.05, 0) is 37.8 Å². The molecule has 1 N–H and O–H groups in total. The average Bonchev–Trinajstić information content (AvgIpc) is 2.88. The van der Waals surface area contributed by atoms with E-state index in [0.717, 1.165) is 18.8 Å². The van der Waals surface area contributed by atoms with Crippen LogP contribution in [0.3, 0.4) is 0 Å². The van der Waals surface area contributed by atoms with Gasteiger partial charge in [-0.1, -0.05) is 43.3 Å². The molecule has 2 rings (SSSR count). The van der Waals surface area contributed by atoms with Crippen molar-refractivity contribution in [2.75, 3.05) is 0 Å². The number of hydrogen-bond acceptors (Lipinski definition) is 3. The zero-order chi connectivity index (χ0) is 15.5. The molecular weight excluding hydrogens is 260 g/mol. The van der Waals surface area contributed by atoms with Crippen LogP contribution in [0.1, 0.15) is 57.4 Å². The van der Waals surface area contributed by atoms with E-state index < -0.39 is 0 Å². The highest BCUT2D eigenvalue weighted by Crippen LogP contribution is 2.15. The fourth-order valence-corrected chi connectivity index (χ4v) is 2.06. The van der Waals surface area contributed by atoms with Crippen LogP contribution < -0.4 is 5.32 Å². The summed E-state index contributed by atoms with van der Waals surface area (Å²) in [5.41, 5.74) is 3.64. The first kappa shape index (κ1) is 15.7. The van der Waals surface area contributed by atoms with Crippen molar-refractivity contribution in [1.82, 2.24) is 20.3 Å². The second-order valence-electron chi connectivity index (χ2n) is 6.83. The van der Waals surface area contributed by atoms with E-state index in [0.29, 0.717) is 5.92 Å². The van der Waals surface area contributed by atoms with E-state index >= 15 is 0 Å². The van der Waals surface area contributed by atoms with Crippen LogP contribution in [0.25, 0.3) is 0 Å². The van der Waals surface area contributed by atoms with E-state index in [1.54, 1.807) is 0 Å². The average molecular weight is 286 g/mol. The molecule has 1 aromatic heterocycles. The maximum Gasteiger partial charge on any atom is 0.0965 e. The van der Waals surface area contributed by atoms with Gasteiger partial charge in [-0.3, -0.25) is 0 Å². The van der Waals surface area contributed by atoms with E-state index in [2.05, 4.69) is 74.5 Å². The Morgan fingerprint density at radius 2 is 1.76 bits per heavy atom. The Morgan fingerprint density at radius 1 is 1.10 bits per heavy atom. The second kappa shape index (κ2) is 6.39. The zero-order valence-corrected chi connectivity index (χ0v) is 13.7. The van der Waals surface area contributed by atoms with Crippen molar-refractivity contribution < 1.29 is 0 Å². The van der Waals surface area contributed by atoms with E-state index in [4.69, 9.17) is 0 Å². The monoisotopic (exact) mass is 286 g/mol. The minimum Gasteiger partial charge on any atom is -0.307 e. The summed E-state index contributed by atoms with van der Waals surface area (Å²) < 4.78 is 1.90. The van der Waals surface area contributed by atoms with Gasteiger partial charge in [0.25, 0.3) is 0 Å². The molecule has 0 bridgehead atoms. The van der Waals surface area contributed by atoms with Crippen molar-refractivity contribution in [3.8, 4) is 0 Å². The van der Waals surface area contributed by atoms with Crippen LogP contribution in [0, 0.1) is 0 Å². The molecule has 0 aliphatic rings. The first-order valence-corrected chi connectivity index (χ1v) is 7.57. The molecule has 0 unspecified atom stereocenters. The normalized spacial score (nSPS) is 12.1. The van der Waals surface area contributed by atoms with Gasteiger partial charge < -0.3 is 5.32 Å². The summed E-state index contributed by atoms with van der Waals surface area (Å²) in [6.45, 7) is 12.4. The van der Waals surface area contributed by atoms with Crippen molar-refractivity contribution >= 4 is 0 Å². The third-order valence-corrected chi connectivity index (χ3v) is 3.51. The number of nitrogens with one attached hydrogen (secondary N) is 1. The molecule has 0 amide bonds. The van der Waals surface area contributed by atoms with Crippen molar-refractivity contribution in [2.24, 2.45) is 0 Å². The summed E-state index contributed by atoms with van der Waals surface area (Å²) in [5, 5.41) is 11.8. The van der Waals surface area contributed by atoms with Gasteiger partial charge in [0.05, 0.1) is 17.4 Å². The van der Waals surface area contributed by atoms with Crippen molar-refractivity contribution in [1.29, 1.82) is 0 Å². The van der Waals surface area contributed by atoms with Crippen LogP contribution in [0.15, 0.2) is 30.5 Å². The van der Waals surface area contributed by atoms with Crippen LogP contribution in [0.2, 0.25) is 0 Å². The standard InChI is InChI=1S/C17H26N4/c1-13(2)15-8-6-14(7-9-15)10-18-11-16-12-21(20-19-16)17(3,4)5/h6-9,12-13,18H,10-11H2,1-5H3. The lowest BCUT2D eigenvalue weighted by Gasteiger charge is -2.17.